The topological polar surface area (TPSA) is 123 Å². The van der Waals surface area contributed by atoms with Crippen molar-refractivity contribution in [3.8, 4) is 0 Å². The van der Waals surface area contributed by atoms with E-state index in [1.54, 1.807) is 29.6 Å². The van der Waals surface area contributed by atoms with E-state index in [9.17, 15) is 14.4 Å². The van der Waals surface area contributed by atoms with Crippen LogP contribution in [0.3, 0.4) is 0 Å². The van der Waals surface area contributed by atoms with Crippen LogP contribution in [0.1, 0.15) is 21.1 Å². The standard InChI is InChI=1S/C16H18N4O4S/c1-24-15(22)8-18-13(21)6-10-2-4-11(5-3-10)19-16(23)12-9-25-14(7-17)20-12/h2-5,9H,6-8,17H2,1H3,(H,18,21)(H,19,23). The van der Waals surface area contributed by atoms with Crippen LogP contribution in [0.4, 0.5) is 5.69 Å². The van der Waals surface area contributed by atoms with Gasteiger partial charge in [0.2, 0.25) is 5.91 Å². The summed E-state index contributed by atoms with van der Waals surface area (Å²) in [6.07, 6.45) is 0.122. The van der Waals surface area contributed by atoms with Crippen molar-refractivity contribution in [3.05, 3.63) is 45.9 Å². The Morgan fingerprint density at radius 2 is 1.96 bits per heavy atom. The van der Waals surface area contributed by atoms with Gasteiger partial charge in [0.05, 0.1) is 13.5 Å². The van der Waals surface area contributed by atoms with E-state index >= 15 is 0 Å². The Morgan fingerprint density at radius 1 is 1.24 bits per heavy atom. The number of esters is 1. The molecule has 0 aliphatic heterocycles. The van der Waals surface area contributed by atoms with E-state index in [0.29, 0.717) is 22.9 Å². The zero-order chi connectivity index (χ0) is 18.2. The molecule has 9 heteroatoms. The number of benzene rings is 1. The van der Waals surface area contributed by atoms with Crippen LogP contribution in [-0.2, 0) is 27.3 Å². The summed E-state index contributed by atoms with van der Waals surface area (Å²) in [5.74, 6) is -1.12. The van der Waals surface area contributed by atoms with Gasteiger partial charge in [0.15, 0.2) is 0 Å². The van der Waals surface area contributed by atoms with Gasteiger partial charge in [-0.25, -0.2) is 4.98 Å². The van der Waals surface area contributed by atoms with Crippen molar-refractivity contribution in [1.29, 1.82) is 0 Å². The Morgan fingerprint density at radius 3 is 2.56 bits per heavy atom. The second-order valence-corrected chi connectivity index (χ2v) is 5.95. The number of hydrogen-bond acceptors (Lipinski definition) is 7. The molecule has 132 valence electrons. The summed E-state index contributed by atoms with van der Waals surface area (Å²) >= 11 is 1.33. The molecule has 1 heterocycles. The molecule has 0 radical (unpaired) electrons. The second-order valence-electron chi connectivity index (χ2n) is 5.01. The van der Waals surface area contributed by atoms with Crippen molar-refractivity contribution >= 4 is 34.8 Å². The highest BCUT2D eigenvalue weighted by molar-refractivity contribution is 7.09. The van der Waals surface area contributed by atoms with Gasteiger partial charge < -0.3 is 21.1 Å². The number of carbonyl (C=O) groups is 3. The molecular formula is C16H18N4O4S. The molecule has 0 atom stereocenters. The maximum absolute atomic E-state index is 12.1. The lowest BCUT2D eigenvalue weighted by Crippen LogP contribution is -2.31. The van der Waals surface area contributed by atoms with Gasteiger partial charge in [-0.05, 0) is 17.7 Å². The highest BCUT2D eigenvalue weighted by Gasteiger charge is 2.11. The third-order valence-corrected chi connectivity index (χ3v) is 4.06. The first kappa shape index (κ1) is 18.6. The second kappa shape index (κ2) is 8.90. The highest BCUT2D eigenvalue weighted by atomic mass is 32.1. The van der Waals surface area contributed by atoms with Crippen molar-refractivity contribution in [2.45, 2.75) is 13.0 Å². The summed E-state index contributed by atoms with van der Waals surface area (Å²) in [5.41, 5.74) is 7.13. The van der Waals surface area contributed by atoms with Crippen LogP contribution < -0.4 is 16.4 Å². The lowest BCUT2D eigenvalue weighted by molar-refractivity contribution is -0.141. The van der Waals surface area contributed by atoms with Crippen LogP contribution >= 0.6 is 11.3 Å². The van der Waals surface area contributed by atoms with Crippen LogP contribution in [0.2, 0.25) is 0 Å². The number of hydrogen-bond donors (Lipinski definition) is 3. The third-order valence-electron chi connectivity index (χ3n) is 3.19. The van der Waals surface area contributed by atoms with E-state index in [0.717, 1.165) is 5.56 Å². The van der Waals surface area contributed by atoms with E-state index in [4.69, 9.17) is 5.73 Å². The Bertz CT molecular complexity index is 758. The van der Waals surface area contributed by atoms with Crippen molar-refractivity contribution in [2.24, 2.45) is 5.73 Å². The van der Waals surface area contributed by atoms with E-state index in [1.165, 1.54) is 18.4 Å². The number of anilines is 1. The Hall–Kier alpha value is -2.78. The van der Waals surface area contributed by atoms with E-state index in [2.05, 4.69) is 20.4 Å². The zero-order valence-electron chi connectivity index (χ0n) is 13.6. The molecular weight excluding hydrogens is 344 g/mol. The SMILES string of the molecule is COC(=O)CNC(=O)Cc1ccc(NC(=O)c2csc(CN)n2)cc1. The molecule has 4 N–H and O–H groups in total. The van der Waals surface area contributed by atoms with Crippen LogP contribution in [0.5, 0.6) is 0 Å². The molecule has 2 amide bonds. The summed E-state index contributed by atoms with van der Waals surface area (Å²) in [7, 11) is 1.25. The number of rotatable bonds is 7. The maximum atomic E-state index is 12.1. The highest BCUT2D eigenvalue weighted by Crippen LogP contribution is 2.14. The number of carbonyl (C=O) groups excluding carboxylic acids is 3. The lowest BCUT2D eigenvalue weighted by atomic mass is 10.1. The van der Waals surface area contributed by atoms with Gasteiger partial charge in [0, 0.05) is 17.6 Å². The fourth-order valence-corrected chi connectivity index (χ4v) is 2.56. The first-order valence-corrected chi connectivity index (χ1v) is 8.28. The summed E-state index contributed by atoms with van der Waals surface area (Å²) < 4.78 is 4.44. The van der Waals surface area contributed by atoms with Gasteiger partial charge in [-0.2, -0.15) is 0 Å². The van der Waals surface area contributed by atoms with E-state index < -0.39 is 5.97 Å². The largest absolute Gasteiger partial charge is 0.468 e. The van der Waals surface area contributed by atoms with Crippen molar-refractivity contribution in [1.82, 2.24) is 10.3 Å². The minimum Gasteiger partial charge on any atom is -0.468 e. The van der Waals surface area contributed by atoms with Gasteiger partial charge in [-0.3, -0.25) is 14.4 Å². The van der Waals surface area contributed by atoms with E-state index in [1.807, 2.05) is 0 Å². The van der Waals surface area contributed by atoms with Crippen LogP contribution in [0, 0.1) is 0 Å². The molecule has 2 aromatic rings. The molecule has 0 aliphatic rings. The molecule has 2 rings (SSSR count). The molecule has 0 spiro atoms. The van der Waals surface area contributed by atoms with Gasteiger partial charge in [0.25, 0.3) is 5.91 Å². The number of nitrogens with one attached hydrogen (secondary N) is 2. The molecule has 0 fully saturated rings. The Labute approximate surface area is 148 Å². The zero-order valence-corrected chi connectivity index (χ0v) is 14.4. The quantitative estimate of drug-likeness (QED) is 0.623. The molecule has 0 saturated carbocycles. The van der Waals surface area contributed by atoms with E-state index in [-0.39, 0.29) is 24.8 Å². The van der Waals surface area contributed by atoms with Gasteiger partial charge >= 0.3 is 5.97 Å². The number of ether oxygens (including phenoxy) is 1. The van der Waals surface area contributed by atoms with Gasteiger partial charge in [-0.15, -0.1) is 11.3 Å². The van der Waals surface area contributed by atoms with Crippen molar-refractivity contribution in [3.63, 3.8) is 0 Å². The number of thiazole rings is 1. The van der Waals surface area contributed by atoms with Gasteiger partial charge in [-0.1, -0.05) is 12.1 Å². The van der Waals surface area contributed by atoms with Crippen LogP contribution in [-0.4, -0.2) is 36.4 Å². The number of amides is 2. The molecule has 8 nitrogen and oxygen atoms in total. The normalized spacial score (nSPS) is 10.2. The minimum absolute atomic E-state index is 0.122. The smallest absolute Gasteiger partial charge is 0.325 e. The molecule has 25 heavy (non-hydrogen) atoms. The predicted octanol–water partition coefficient (Wildman–Crippen LogP) is 0.686. The number of nitrogens with zero attached hydrogens (tertiary/aromatic N) is 1. The van der Waals surface area contributed by atoms with Crippen LogP contribution in [0.25, 0.3) is 0 Å². The summed E-state index contributed by atoms with van der Waals surface area (Å²) in [4.78, 5) is 38.9. The van der Waals surface area contributed by atoms with Crippen LogP contribution in [0.15, 0.2) is 29.6 Å². The monoisotopic (exact) mass is 362 g/mol. The Kier molecular flexibility index (Phi) is 6.61. The molecule has 0 unspecified atom stereocenters. The predicted molar refractivity (Wildman–Crippen MR) is 93.1 cm³/mol. The summed E-state index contributed by atoms with van der Waals surface area (Å²) in [5, 5.41) is 7.53. The fourth-order valence-electron chi connectivity index (χ4n) is 1.90. The fraction of sp³-hybridized carbons (Fsp3) is 0.250. The number of aromatic nitrogens is 1. The maximum Gasteiger partial charge on any atom is 0.325 e. The molecule has 1 aromatic carbocycles. The molecule has 0 saturated heterocycles. The van der Waals surface area contributed by atoms with Gasteiger partial charge in [0.1, 0.15) is 17.2 Å². The molecule has 0 bridgehead atoms. The summed E-state index contributed by atoms with van der Waals surface area (Å²) in [6, 6.07) is 6.83. The first-order valence-electron chi connectivity index (χ1n) is 7.40. The molecule has 1 aromatic heterocycles. The summed E-state index contributed by atoms with van der Waals surface area (Å²) in [6.45, 7) is 0.132. The average molecular weight is 362 g/mol. The minimum atomic E-state index is -0.508. The lowest BCUT2D eigenvalue weighted by Gasteiger charge is -2.06. The Balaban J connectivity index is 1.87. The molecule has 0 aliphatic carbocycles. The number of methoxy groups -OCH3 is 1. The van der Waals surface area contributed by atoms with Crippen molar-refractivity contribution in [2.75, 3.05) is 19.0 Å². The third kappa shape index (κ3) is 5.66. The average Bonchev–Trinajstić information content (AvgIpc) is 3.10. The van der Waals surface area contributed by atoms with Crippen molar-refractivity contribution < 1.29 is 19.1 Å². The number of nitrogens with two attached hydrogens (primary N) is 1. The first-order chi connectivity index (χ1) is 12.0.